The number of carbonyl (C=O) groups is 1. The Bertz CT molecular complexity index is 535. The Labute approximate surface area is 143 Å². The van der Waals surface area contributed by atoms with Crippen LogP contribution in [-0.2, 0) is 4.79 Å². The molecule has 1 N–H and O–H groups in total. The monoisotopic (exact) mass is 329 g/mol. The number of hydrogen-bond donors (Lipinski definition) is 1. The molecule has 23 heavy (non-hydrogen) atoms. The van der Waals surface area contributed by atoms with E-state index >= 15 is 0 Å². The van der Waals surface area contributed by atoms with Crippen molar-refractivity contribution >= 4 is 17.7 Å². The van der Waals surface area contributed by atoms with E-state index in [9.17, 15) is 4.79 Å². The molecule has 0 radical (unpaired) electrons. The molecule has 2 nitrogen and oxygen atoms in total. The lowest BCUT2D eigenvalue weighted by Gasteiger charge is -2.57. The maximum absolute atomic E-state index is 12.5. The third-order valence-electron chi connectivity index (χ3n) is 6.23. The number of amides is 1. The zero-order chi connectivity index (χ0) is 15.9. The largest absolute Gasteiger partial charge is 0.355 e. The van der Waals surface area contributed by atoms with E-state index in [1.54, 1.807) is 11.8 Å². The molecule has 4 bridgehead atoms. The smallest absolute Gasteiger partial charge is 0.233 e. The number of benzene rings is 1. The van der Waals surface area contributed by atoms with Crippen molar-refractivity contribution in [1.29, 1.82) is 0 Å². The average molecular weight is 330 g/mol. The van der Waals surface area contributed by atoms with Gasteiger partial charge in [-0.2, -0.15) is 0 Å². The molecule has 4 aliphatic carbocycles. The number of carbonyl (C=O) groups excluding carboxylic acids is 1. The summed E-state index contributed by atoms with van der Waals surface area (Å²) >= 11 is 1.66. The Balaban J connectivity index is 1.33. The predicted molar refractivity (Wildman–Crippen MR) is 95.4 cm³/mol. The van der Waals surface area contributed by atoms with Crippen LogP contribution in [0, 0.1) is 23.2 Å². The van der Waals surface area contributed by atoms with Gasteiger partial charge < -0.3 is 5.32 Å². The Hall–Kier alpha value is -0.960. The van der Waals surface area contributed by atoms with Crippen molar-refractivity contribution in [3.63, 3.8) is 0 Å². The molecule has 0 saturated heterocycles. The molecular formula is C20H27NOS. The first-order valence-corrected chi connectivity index (χ1v) is 9.99. The fourth-order valence-electron chi connectivity index (χ4n) is 5.68. The van der Waals surface area contributed by atoms with Gasteiger partial charge in [0.15, 0.2) is 0 Å². The van der Waals surface area contributed by atoms with Crippen LogP contribution in [0.2, 0.25) is 0 Å². The molecule has 1 aromatic rings. The summed E-state index contributed by atoms with van der Waals surface area (Å²) in [6.45, 7) is 2.93. The first-order valence-electron chi connectivity index (χ1n) is 9.11. The fraction of sp³-hybridized carbons (Fsp3) is 0.650. The third kappa shape index (κ3) is 3.31. The zero-order valence-corrected chi connectivity index (χ0v) is 14.8. The summed E-state index contributed by atoms with van der Waals surface area (Å²) in [5, 5.41) is 3.28. The maximum Gasteiger partial charge on any atom is 0.233 e. The fourth-order valence-corrected chi connectivity index (χ4v) is 6.59. The molecule has 4 saturated carbocycles. The molecule has 1 atom stereocenters. The number of rotatable bonds is 5. The molecule has 5 rings (SSSR count). The van der Waals surface area contributed by atoms with Gasteiger partial charge in [-0.05, 0) is 80.8 Å². The van der Waals surface area contributed by atoms with Gasteiger partial charge >= 0.3 is 0 Å². The predicted octanol–water partition coefficient (Wildman–Crippen LogP) is 4.50. The Morgan fingerprint density at radius 3 is 2.26 bits per heavy atom. The normalized spacial score (nSPS) is 36.0. The summed E-state index contributed by atoms with van der Waals surface area (Å²) in [7, 11) is 0. The third-order valence-corrected chi connectivity index (χ3v) is 7.34. The van der Waals surface area contributed by atoms with Crippen LogP contribution in [-0.4, -0.2) is 17.7 Å². The van der Waals surface area contributed by atoms with Crippen molar-refractivity contribution in [2.24, 2.45) is 23.2 Å². The zero-order valence-electron chi connectivity index (χ0n) is 14.0. The first-order chi connectivity index (χ1) is 11.1. The van der Waals surface area contributed by atoms with Crippen LogP contribution in [0.25, 0.3) is 0 Å². The van der Waals surface area contributed by atoms with Gasteiger partial charge in [-0.25, -0.2) is 0 Å². The van der Waals surface area contributed by atoms with Crippen LogP contribution in [0.1, 0.15) is 45.4 Å². The molecule has 3 heteroatoms. The molecule has 4 fully saturated rings. The molecule has 0 aliphatic heterocycles. The van der Waals surface area contributed by atoms with Crippen molar-refractivity contribution in [2.75, 3.05) is 6.54 Å². The Morgan fingerprint density at radius 2 is 1.70 bits per heavy atom. The van der Waals surface area contributed by atoms with E-state index in [2.05, 4.69) is 17.4 Å². The van der Waals surface area contributed by atoms with E-state index in [1.165, 1.54) is 43.4 Å². The van der Waals surface area contributed by atoms with E-state index in [1.807, 2.05) is 25.1 Å². The van der Waals surface area contributed by atoms with Gasteiger partial charge in [-0.3, -0.25) is 4.79 Å². The van der Waals surface area contributed by atoms with Gasteiger partial charge in [0.1, 0.15) is 0 Å². The quantitative estimate of drug-likeness (QED) is 0.806. The van der Waals surface area contributed by atoms with Crippen molar-refractivity contribution < 1.29 is 4.79 Å². The van der Waals surface area contributed by atoms with Gasteiger partial charge in [0.25, 0.3) is 0 Å². The van der Waals surface area contributed by atoms with E-state index < -0.39 is 0 Å². The van der Waals surface area contributed by atoms with Crippen LogP contribution in [0.15, 0.2) is 35.2 Å². The molecule has 124 valence electrons. The van der Waals surface area contributed by atoms with Gasteiger partial charge in [0.2, 0.25) is 5.91 Å². The molecule has 0 unspecified atom stereocenters. The highest BCUT2D eigenvalue weighted by Gasteiger charge is 2.50. The van der Waals surface area contributed by atoms with Crippen molar-refractivity contribution in [3.05, 3.63) is 30.3 Å². The molecule has 0 heterocycles. The van der Waals surface area contributed by atoms with Crippen LogP contribution >= 0.6 is 11.8 Å². The Morgan fingerprint density at radius 1 is 1.13 bits per heavy atom. The van der Waals surface area contributed by atoms with Crippen LogP contribution in [0.5, 0.6) is 0 Å². The summed E-state index contributed by atoms with van der Waals surface area (Å²) in [4.78, 5) is 13.7. The van der Waals surface area contributed by atoms with E-state index in [4.69, 9.17) is 0 Å². The van der Waals surface area contributed by atoms with E-state index in [0.29, 0.717) is 5.41 Å². The average Bonchev–Trinajstić information content (AvgIpc) is 2.52. The minimum atomic E-state index is -0.0219. The van der Waals surface area contributed by atoms with Gasteiger partial charge in [0.05, 0.1) is 5.25 Å². The van der Waals surface area contributed by atoms with Crippen molar-refractivity contribution in [2.45, 2.75) is 55.6 Å². The molecule has 1 amide bonds. The van der Waals surface area contributed by atoms with Gasteiger partial charge in [-0.1, -0.05) is 18.2 Å². The lowest BCUT2D eigenvalue weighted by atomic mass is 9.49. The molecule has 0 aromatic heterocycles. The van der Waals surface area contributed by atoms with E-state index in [0.717, 1.165) is 24.3 Å². The highest BCUT2D eigenvalue weighted by molar-refractivity contribution is 8.00. The van der Waals surface area contributed by atoms with Crippen LogP contribution in [0.3, 0.4) is 0 Å². The minimum absolute atomic E-state index is 0.0219. The standard InChI is InChI=1S/C20H27NOS/c1-14(23-18-5-3-2-4-6-18)19(22)21-13-20-10-15-7-16(11-20)9-17(8-15)12-20/h2-6,14-17H,7-13H2,1H3,(H,21,22)/t14-,15?,16?,17?,20?/m0/s1. The summed E-state index contributed by atoms with van der Waals surface area (Å²) in [6, 6.07) is 10.2. The van der Waals surface area contributed by atoms with Gasteiger partial charge in [-0.15, -0.1) is 11.8 Å². The summed E-state index contributed by atoms with van der Waals surface area (Å²) in [5.41, 5.74) is 0.432. The molecule has 4 aliphatic rings. The number of hydrogen-bond acceptors (Lipinski definition) is 2. The van der Waals surface area contributed by atoms with Gasteiger partial charge in [0, 0.05) is 11.4 Å². The van der Waals surface area contributed by atoms with Crippen molar-refractivity contribution in [1.82, 2.24) is 5.32 Å². The molecular weight excluding hydrogens is 302 g/mol. The van der Waals surface area contributed by atoms with E-state index in [-0.39, 0.29) is 11.2 Å². The topological polar surface area (TPSA) is 29.1 Å². The number of thioether (sulfide) groups is 1. The van der Waals surface area contributed by atoms with Crippen molar-refractivity contribution in [3.8, 4) is 0 Å². The SMILES string of the molecule is C[C@H](Sc1ccccc1)C(=O)NCC12CC3CC(CC(C3)C1)C2. The second-order valence-corrected chi connectivity index (χ2v) is 9.62. The number of nitrogens with one attached hydrogen (secondary N) is 1. The summed E-state index contributed by atoms with van der Waals surface area (Å²) in [5.74, 6) is 3.06. The molecule has 1 aromatic carbocycles. The first kappa shape index (κ1) is 15.6. The van der Waals surface area contributed by atoms with Crippen LogP contribution in [0.4, 0.5) is 0 Å². The Kier molecular flexibility index (Phi) is 4.17. The lowest BCUT2D eigenvalue weighted by Crippen LogP contribution is -2.51. The van der Waals surface area contributed by atoms with Crippen LogP contribution < -0.4 is 5.32 Å². The minimum Gasteiger partial charge on any atom is -0.355 e. The second-order valence-electron chi connectivity index (χ2n) is 8.21. The highest BCUT2D eigenvalue weighted by atomic mass is 32.2. The lowest BCUT2D eigenvalue weighted by molar-refractivity contribution is -0.122. The molecule has 0 spiro atoms. The highest BCUT2D eigenvalue weighted by Crippen LogP contribution is 2.59. The second kappa shape index (κ2) is 6.16. The summed E-state index contributed by atoms with van der Waals surface area (Å²) < 4.78 is 0. The summed E-state index contributed by atoms with van der Waals surface area (Å²) in [6.07, 6.45) is 8.48. The maximum atomic E-state index is 12.5.